The Morgan fingerprint density at radius 2 is 1.04 bits per heavy atom. The van der Waals surface area contributed by atoms with Crippen LogP contribution in [0.3, 0.4) is 0 Å². The van der Waals surface area contributed by atoms with E-state index in [0.717, 1.165) is 6.61 Å². The van der Waals surface area contributed by atoms with Crippen molar-refractivity contribution >= 4 is 8.32 Å². The summed E-state index contributed by atoms with van der Waals surface area (Å²) in [6, 6.07) is 0. The van der Waals surface area contributed by atoms with Gasteiger partial charge >= 0.3 is 0 Å². The molecular formula is C21H49N3OSi. The second kappa shape index (κ2) is 16.1. The molecule has 0 aromatic heterocycles. The summed E-state index contributed by atoms with van der Waals surface area (Å²) in [7, 11) is -1.57. The van der Waals surface area contributed by atoms with Crippen LogP contribution >= 0.6 is 0 Å². The van der Waals surface area contributed by atoms with Crippen molar-refractivity contribution in [1.82, 2.24) is 14.7 Å². The van der Waals surface area contributed by atoms with Crippen LogP contribution in [0.15, 0.2) is 0 Å². The van der Waals surface area contributed by atoms with Gasteiger partial charge in [-0.3, -0.25) is 0 Å². The summed E-state index contributed by atoms with van der Waals surface area (Å²) in [4.78, 5) is 7.87. The maximum Gasteiger partial charge on any atom is 0.200 e. The molecule has 0 aliphatic heterocycles. The molecule has 0 aliphatic rings. The van der Waals surface area contributed by atoms with Crippen molar-refractivity contribution in [3.8, 4) is 0 Å². The molecule has 0 radical (unpaired) electrons. The van der Waals surface area contributed by atoms with Crippen molar-refractivity contribution in [3.63, 3.8) is 0 Å². The Bertz CT molecular complexity index is 296. The quantitative estimate of drug-likeness (QED) is 0.326. The Hall–Kier alpha value is 0.0569. The van der Waals surface area contributed by atoms with Gasteiger partial charge in [-0.15, -0.1) is 0 Å². The van der Waals surface area contributed by atoms with Crippen LogP contribution in [0.5, 0.6) is 0 Å². The summed E-state index contributed by atoms with van der Waals surface area (Å²) in [6.45, 7) is 26.6. The standard InChI is InChI=1S/C21H49N3OSi/c1-8-15-22(10-3)17-13-19-24(21-26(6,7)25-12-5)20-14-18-23(11-4)16-9-2/h8-21H2,1-7H3. The zero-order valence-electron chi connectivity index (χ0n) is 19.1. The maximum atomic E-state index is 6.11. The van der Waals surface area contributed by atoms with Crippen molar-refractivity contribution in [2.75, 3.05) is 65.1 Å². The van der Waals surface area contributed by atoms with Crippen molar-refractivity contribution in [2.24, 2.45) is 0 Å². The molecule has 0 saturated carbocycles. The Morgan fingerprint density at radius 3 is 1.38 bits per heavy atom. The zero-order chi connectivity index (χ0) is 19.8. The first-order chi connectivity index (χ1) is 12.4. The first kappa shape index (κ1) is 26.1. The van der Waals surface area contributed by atoms with E-state index >= 15 is 0 Å². The maximum absolute atomic E-state index is 6.11. The molecule has 0 rings (SSSR count). The fourth-order valence-corrected chi connectivity index (χ4v) is 6.04. The fraction of sp³-hybridized carbons (Fsp3) is 1.00. The van der Waals surface area contributed by atoms with Crippen molar-refractivity contribution in [1.29, 1.82) is 0 Å². The van der Waals surface area contributed by atoms with E-state index in [4.69, 9.17) is 4.43 Å². The van der Waals surface area contributed by atoms with E-state index in [1.807, 2.05) is 0 Å². The minimum absolute atomic E-state index is 0.854. The number of hydrogen-bond donors (Lipinski definition) is 0. The molecule has 0 atom stereocenters. The van der Waals surface area contributed by atoms with E-state index in [0.29, 0.717) is 0 Å². The average molecular weight is 388 g/mol. The Kier molecular flexibility index (Phi) is 16.1. The second-order valence-corrected chi connectivity index (χ2v) is 12.2. The first-order valence-corrected chi connectivity index (χ1v) is 14.3. The summed E-state index contributed by atoms with van der Waals surface area (Å²) in [5.74, 6) is 0. The van der Waals surface area contributed by atoms with Gasteiger partial charge in [0.05, 0.1) is 0 Å². The third-order valence-corrected chi connectivity index (χ3v) is 7.29. The van der Waals surface area contributed by atoms with Gasteiger partial charge in [-0.2, -0.15) is 0 Å². The molecule has 0 unspecified atom stereocenters. The van der Waals surface area contributed by atoms with Gasteiger partial charge in [0.15, 0.2) is 8.32 Å². The van der Waals surface area contributed by atoms with Crippen LogP contribution in [-0.4, -0.2) is 88.2 Å². The van der Waals surface area contributed by atoms with E-state index < -0.39 is 8.32 Å². The molecule has 5 heteroatoms. The zero-order valence-corrected chi connectivity index (χ0v) is 20.1. The van der Waals surface area contributed by atoms with Crippen LogP contribution in [-0.2, 0) is 4.43 Å². The minimum atomic E-state index is -1.57. The lowest BCUT2D eigenvalue weighted by molar-refractivity contribution is 0.217. The van der Waals surface area contributed by atoms with Crippen LogP contribution in [0, 0.1) is 0 Å². The lowest BCUT2D eigenvalue weighted by Gasteiger charge is -2.32. The molecule has 0 aromatic rings. The van der Waals surface area contributed by atoms with Gasteiger partial charge in [-0.1, -0.05) is 27.7 Å². The van der Waals surface area contributed by atoms with Crippen LogP contribution in [0.1, 0.15) is 60.3 Å². The molecule has 0 saturated heterocycles. The Labute approximate surface area is 166 Å². The summed E-state index contributed by atoms with van der Waals surface area (Å²) < 4.78 is 6.11. The predicted octanol–water partition coefficient (Wildman–Crippen LogP) is 4.31. The molecule has 158 valence electrons. The monoisotopic (exact) mass is 387 g/mol. The lowest BCUT2D eigenvalue weighted by Crippen LogP contribution is -2.46. The molecule has 0 fully saturated rings. The highest BCUT2D eigenvalue weighted by Gasteiger charge is 2.25. The summed E-state index contributed by atoms with van der Waals surface area (Å²) in [5.41, 5.74) is 0. The molecular weight excluding hydrogens is 338 g/mol. The number of rotatable bonds is 18. The summed E-state index contributed by atoms with van der Waals surface area (Å²) in [5, 5.41) is 0. The van der Waals surface area contributed by atoms with E-state index in [1.54, 1.807) is 0 Å². The largest absolute Gasteiger partial charge is 0.416 e. The van der Waals surface area contributed by atoms with E-state index in [2.05, 4.69) is 62.4 Å². The molecule has 26 heavy (non-hydrogen) atoms. The van der Waals surface area contributed by atoms with Gasteiger partial charge in [-0.05, 0) is 98.1 Å². The highest BCUT2D eigenvalue weighted by Crippen LogP contribution is 2.09. The fourth-order valence-electron chi connectivity index (χ4n) is 3.77. The van der Waals surface area contributed by atoms with Gasteiger partial charge in [0.1, 0.15) is 0 Å². The van der Waals surface area contributed by atoms with Gasteiger partial charge in [-0.25, -0.2) is 0 Å². The molecule has 0 heterocycles. The minimum Gasteiger partial charge on any atom is -0.416 e. The third kappa shape index (κ3) is 13.3. The first-order valence-electron chi connectivity index (χ1n) is 11.2. The lowest BCUT2D eigenvalue weighted by atomic mass is 10.3. The molecule has 0 bridgehead atoms. The SMILES string of the molecule is CCCN(CC)CCCN(CCCN(CC)CCC)C[Si](C)(C)OCC. The molecule has 0 aliphatic carbocycles. The van der Waals surface area contributed by atoms with E-state index in [9.17, 15) is 0 Å². The second-order valence-electron chi connectivity index (χ2n) is 8.04. The van der Waals surface area contributed by atoms with Crippen LogP contribution in [0.2, 0.25) is 13.1 Å². The summed E-state index contributed by atoms with van der Waals surface area (Å²) in [6.07, 6.45) is 6.23. The van der Waals surface area contributed by atoms with Gasteiger partial charge in [0.25, 0.3) is 0 Å². The van der Waals surface area contributed by atoms with Gasteiger partial charge in [0.2, 0.25) is 0 Å². The third-order valence-electron chi connectivity index (χ3n) is 5.01. The normalized spacial score (nSPS) is 12.7. The number of hydrogen-bond acceptors (Lipinski definition) is 4. The predicted molar refractivity (Wildman–Crippen MR) is 120 cm³/mol. The smallest absolute Gasteiger partial charge is 0.200 e. The Balaban J connectivity index is 4.49. The van der Waals surface area contributed by atoms with Gasteiger partial charge < -0.3 is 19.1 Å². The topological polar surface area (TPSA) is 19.0 Å². The van der Waals surface area contributed by atoms with Gasteiger partial charge in [0, 0.05) is 12.8 Å². The van der Waals surface area contributed by atoms with Crippen molar-refractivity contribution in [3.05, 3.63) is 0 Å². The molecule has 0 amide bonds. The molecule has 0 spiro atoms. The van der Waals surface area contributed by atoms with Crippen LogP contribution in [0.25, 0.3) is 0 Å². The van der Waals surface area contributed by atoms with Crippen molar-refractivity contribution < 1.29 is 4.43 Å². The molecule has 0 aromatic carbocycles. The highest BCUT2D eigenvalue weighted by molar-refractivity contribution is 6.71. The average Bonchev–Trinajstić information content (AvgIpc) is 2.59. The van der Waals surface area contributed by atoms with E-state index in [-0.39, 0.29) is 0 Å². The Morgan fingerprint density at radius 1 is 0.615 bits per heavy atom. The number of nitrogens with zero attached hydrogens (tertiary/aromatic N) is 3. The molecule has 0 N–H and O–H groups in total. The molecule has 4 nitrogen and oxygen atoms in total. The van der Waals surface area contributed by atoms with E-state index in [1.165, 1.54) is 84.2 Å². The van der Waals surface area contributed by atoms with Crippen LogP contribution in [0.4, 0.5) is 0 Å². The van der Waals surface area contributed by atoms with Crippen molar-refractivity contribution in [2.45, 2.75) is 73.4 Å². The van der Waals surface area contributed by atoms with Crippen LogP contribution < -0.4 is 0 Å². The highest BCUT2D eigenvalue weighted by atomic mass is 28.4. The summed E-state index contributed by atoms with van der Waals surface area (Å²) >= 11 is 0.